The Morgan fingerprint density at radius 2 is 1.77 bits per heavy atom. The largest absolute Gasteiger partial charge is 0.423 e. The Bertz CT molecular complexity index is 758. The first kappa shape index (κ1) is 15.6. The number of benzene rings is 2. The lowest BCUT2D eigenvalue weighted by molar-refractivity contribution is 0.0729. The van der Waals surface area contributed by atoms with Crippen LogP contribution in [-0.2, 0) is 6.42 Å². The maximum atomic E-state index is 13.8. The van der Waals surface area contributed by atoms with Crippen LogP contribution in [0.4, 0.5) is 13.2 Å². The molecule has 0 aliphatic carbocycles. The fourth-order valence-corrected chi connectivity index (χ4v) is 1.82. The first-order chi connectivity index (χ1) is 10.5. The van der Waals surface area contributed by atoms with E-state index in [4.69, 9.17) is 10.00 Å². The Labute approximate surface area is 124 Å². The van der Waals surface area contributed by atoms with E-state index in [1.54, 1.807) is 6.07 Å². The van der Waals surface area contributed by atoms with Gasteiger partial charge in [-0.05, 0) is 24.1 Å². The van der Waals surface area contributed by atoms with Crippen molar-refractivity contribution < 1.29 is 22.7 Å². The monoisotopic (exact) mass is 305 g/mol. The highest BCUT2D eigenvalue weighted by atomic mass is 19.1. The molecule has 0 radical (unpaired) electrons. The van der Waals surface area contributed by atoms with Gasteiger partial charge >= 0.3 is 5.97 Å². The number of rotatable bonds is 3. The molecule has 22 heavy (non-hydrogen) atoms. The van der Waals surface area contributed by atoms with E-state index in [9.17, 15) is 18.0 Å². The molecule has 0 amide bonds. The normalized spacial score (nSPS) is 10.1. The van der Waals surface area contributed by atoms with Crippen molar-refractivity contribution in [1.82, 2.24) is 0 Å². The second-order valence-corrected chi connectivity index (χ2v) is 4.43. The third-order valence-corrected chi connectivity index (χ3v) is 3.00. The van der Waals surface area contributed by atoms with Gasteiger partial charge in [0.05, 0.1) is 5.56 Å². The van der Waals surface area contributed by atoms with Crippen molar-refractivity contribution in [3.05, 3.63) is 64.5 Å². The summed E-state index contributed by atoms with van der Waals surface area (Å²) in [6, 6.07) is 6.72. The molecular weight excluding hydrogens is 295 g/mol. The average Bonchev–Trinajstić information content (AvgIpc) is 2.46. The second kappa shape index (κ2) is 6.31. The molecule has 0 saturated heterocycles. The molecule has 0 saturated carbocycles. The lowest BCUT2D eigenvalue weighted by atomic mass is 10.1. The number of hydrogen-bond acceptors (Lipinski definition) is 3. The van der Waals surface area contributed by atoms with Crippen LogP contribution in [0.1, 0.15) is 28.4 Å². The molecule has 2 aromatic carbocycles. The summed E-state index contributed by atoms with van der Waals surface area (Å²) >= 11 is 0. The van der Waals surface area contributed by atoms with Crippen molar-refractivity contribution in [3.8, 4) is 11.8 Å². The van der Waals surface area contributed by atoms with E-state index in [2.05, 4.69) is 0 Å². The van der Waals surface area contributed by atoms with Crippen LogP contribution in [0.2, 0.25) is 0 Å². The minimum atomic E-state index is -1.16. The Morgan fingerprint density at radius 3 is 2.27 bits per heavy atom. The molecule has 0 fully saturated rings. The smallest absolute Gasteiger partial charge is 0.346 e. The molecule has 0 aliphatic rings. The summed E-state index contributed by atoms with van der Waals surface area (Å²) in [6.45, 7) is 1.83. The van der Waals surface area contributed by atoms with Gasteiger partial charge in [-0.2, -0.15) is 5.26 Å². The van der Waals surface area contributed by atoms with Crippen molar-refractivity contribution in [3.63, 3.8) is 0 Å². The predicted molar refractivity (Wildman–Crippen MR) is 71.8 cm³/mol. The van der Waals surface area contributed by atoms with Gasteiger partial charge in [0.15, 0.2) is 0 Å². The third-order valence-electron chi connectivity index (χ3n) is 3.00. The Hall–Kier alpha value is -2.81. The van der Waals surface area contributed by atoms with Crippen LogP contribution in [-0.4, -0.2) is 5.97 Å². The van der Waals surface area contributed by atoms with Crippen LogP contribution in [0, 0.1) is 28.8 Å². The Balaban J connectivity index is 2.28. The summed E-state index contributed by atoms with van der Waals surface area (Å²) in [4.78, 5) is 11.8. The van der Waals surface area contributed by atoms with Gasteiger partial charge in [0, 0.05) is 12.1 Å². The zero-order chi connectivity index (χ0) is 16.3. The van der Waals surface area contributed by atoms with Crippen molar-refractivity contribution in [2.75, 3.05) is 0 Å². The molecule has 6 heteroatoms. The molecule has 0 unspecified atom stereocenters. The SMILES string of the molecule is CCc1ccc(C(=O)Oc2cc(F)c(C#N)c(F)c2)c(F)c1. The molecule has 2 rings (SSSR count). The van der Waals surface area contributed by atoms with Crippen molar-refractivity contribution >= 4 is 5.97 Å². The fraction of sp³-hybridized carbons (Fsp3) is 0.125. The molecule has 3 nitrogen and oxygen atoms in total. The summed E-state index contributed by atoms with van der Waals surface area (Å²) in [6.07, 6.45) is 0.596. The number of ether oxygens (including phenoxy) is 1. The van der Waals surface area contributed by atoms with E-state index in [0.29, 0.717) is 24.1 Å². The quantitative estimate of drug-likeness (QED) is 0.641. The summed E-state index contributed by atoms with van der Waals surface area (Å²) < 4.78 is 45.4. The van der Waals surface area contributed by atoms with Gasteiger partial charge in [-0.3, -0.25) is 0 Å². The van der Waals surface area contributed by atoms with E-state index in [1.165, 1.54) is 18.2 Å². The first-order valence-corrected chi connectivity index (χ1v) is 6.36. The molecule has 2 aromatic rings. The van der Waals surface area contributed by atoms with Crippen molar-refractivity contribution in [1.29, 1.82) is 5.26 Å². The number of nitriles is 1. The van der Waals surface area contributed by atoms with Gasteiger partial charge in [0.1, 0.15) is 34.8 Å². The van der Waals surface area contributed by atoms with Crippen molar-refractivity contribution in [2.45, 2.75) is 13.3 Å². The highest BCUT2D eigenvalue weighted by molar-refractivity contribution is 5.91. The third kappa shape index (κ3) is 3.09. The maximum Gasteiger partial charge on any atom is 0.346 e. The summed E-state index contributed by atoms with van der Waals surface area (Å²) in [7, 11) is 0. The standard InChI is InChI=1S/C16H10F3NO2/c1-2-9-3-4-11(13(17)5-9)16(21)22-10-6-14(18)12(8-20)15(19)7-10/h3-7H,2H2,1H3. The first-order valence-electron chi connectivity index (χ1n) is 6.36. The number of aryl methyl sites for hydroxylation is 1. The minimum absolute atomic E-state index is 0.345. The second-order valence-electron chi connectivity index (χ2n) is 4.43. The van der Waals surface area contributed by atoms with Gasteiger partial charge in [-0.15, -0.1) is 0 Å². The van der Waals surface area contributed by atoms with Crippen LogP contribution >= 0.6 is 0 Å². The van der Waals surface area contributed by atoms with E-state index in [0.717, 1.165) is 0 Å². The molecule has 0 aromatic heterocycles. The average molecular weight is 305 g/mol. The number of hydrogen-bond donors (Lipinski definition) is 0. The molecular formula is C16H10F3NO2. The van der Waals surface area contributed by atoms with E-state index in [1.807, 2.05) is 6.92 Å². The molecule has 0 spiro atoms. The highest BCUT2D eigenvalue weighted by Crippen LogP contribution is 2.22. The summed E-state index contributed by atoms with van der Waals surface area (Å²) in [5.74, 6) is -4.63. The van der Waals surface area contributed by atoms with Crippen molar-refractivity contribution in [2.24, 2.45) is 0 Å². The van der Waals surface area contributed by atoms with Gasteiger partial charge in [0.2, 0.25) is 0 Å². The van der Waals surface area contributed by atoms with Gasteiger partial charge in [-0.25, -0.2) is 18.0 Å². The topological polar surface area (TPSA) is 50.1 Å². The van der Waals surface area contributed by atoms with Gasteiger partial charge in [0.25, 0.3) is 0 Å². The Morgan fingerprint density at radius 1 is 1.14 bits per heavy atom. The minimum Gasteiger partial charge on any atom is -0.423 e. The number of nitrogens with zero attached hydrogens (tertiary/aromatic N) is 1. The van der Waals surface area contributed by atoms with Crippen LogP contribution in [0.15, 0.2) is 30.3 Å². The predicted octanol–water partition coefficient (Wildman–Crippen LogP) is 3.76. The number of carbonyl (C=O) groups excluding carboxylic acids is 1. The lowest BCUT2D eigenvalue weighted by Gasteiger charge is -2.07. The number of carbonyl (C=O) groups is 1. The zero-order valence-corrected chi connectivity index (χ0v) is 11.5. The van der Waals surface area contributed by atoms with Gasteiger partial charge in [-0.1, -0.05) is 13.0 Å². The highest BCUT2D eigenvalue weighted by Gasteiger charge is 2.17. The molecule has 0 heterocycles. The molecule has 112 valence electrons. The molecule has 0 N–H and O–H groups in total. The van der Waals surface area contributed by atoms with Crippen LogP contribution in [0.25, 0.3) is 0 Å². The van der Waals surface area contributed by atoms with Crippen LogP contribution in [0.5, 0.6) is 5.75 Å². The molecule has 0 atom stereocenters. The van der Waals surface area contributed by atoms with Gasteiger partial charge < -0.3 is 4.74 Å². The lowest BCUT2D eigenvalue weighted by Crippen LogP contribution is -2.11. The fourth-order valence-electron chi connectivity index (χ4n) is 1.82. The van der Waals surface area contributed by atoms with Crippen LogP contribution in [0.3, 0.4) is 0 Å². The van der Waals surface area contributed by atoms with E-state index >= 15 is 0 Å². The molecule has 0 bridgehead atoms. The Kier molecular flexibility index (Phi) is 4.47. The summed E-state index contributed by atoms with van der Waals surface area (Å²) in [5.41, 5.74) is -0.426. The zero-order valence-electron chi connectivity index (χ0n) is 11.5. The van der Waals surface area contributed by atoms with Crippen LogP contribution < -0.4 is 4.74 Å². The molecule has 0 aliphatic heterocycles. The maximum absolute atomic E-state index is 13.8. The summed E-state index contributed by atoms with van der Waals surface area (Å²) in [5, 5.41) is 8.55. The number of halogens is 3. The van der Waals surface area contributed by atoms with E-state index < -0.39 is 34.7 Å². The number of esters is 1. The van der Waals surface area contributed by atoms with E-state index in [-0.39, 0.29) is 5.56 Å².